The maximum atomic E-state index is 12.8. The van der Waals surface area contributed by atoms with Crippen molar-refractivity contribution < 1.29 is 9.59 Å². The fourth-order valence-corrected chi connectivity index (χ4v) is 3.75. The predicted octanol–water partition coefficient (Wildman–Crippen LogP) is 3.94. The second-order valence-corrected chi connectivity index (χ2v) is 8.95. The van der Waals surface area contributed by atoms with Gasteiger partial charge in [-0.1, -0.05) is 58.0 Å². The van der Waals surface area contributed by atoms with Crippen LogP contribution in [0.2, 0.25) is 0 Å². The summed E-state index contributed by atoms with van der Waals surface area (Å²) in [5, 5.41) is 3.02. The largest absolute Gasteiger partial charge is 0.336 e. The third-order valence-corrected chi connectivity index (χ3v) is 5.70. The Kier molecular flexibility index (Phi) is 6.93. The lowest BCUT2D eigenvalue weighted by atomic mass is 9.86. The van der Waals surface area contributed by atoms with Crippen LogP contribution in [0.15, 0.2) is 48.5 Å². The number of benzene rings is 2. The van der Waals surface area contributed by atoms with Crippen molar-refractivity contribution in [3.8, 4) is 0 Å². The Balaban J connectivity index is 1.50. The first-order chi connectivity index (χ1) is 14.3. The number of hydrogen-bond acceptors (Lipinski definition) is 3. The molecular formula is C25H33N3O2. The standard InChI is InChI=1S/C25H33N3O2/c1-5-19-8-6-7-9-22(19)26-23(29)18-27-14-16-28(17-15-27)24(30)20-10-12-21(13-11-20)25(2,3)4/h6-13H,5,14-18H2,1-4H3,(H,26,29). The number of hydrogen-bond donors (Lipinski definition) is 1. The van der Waals surface area contributed by atoms with Gasteiger partial charge >= 0.3 is 0 Å². The fourth-order valence-electron chi connectivity index (χ4n) is 3.75. The molecule has 0 atom stereocenters. The summed E-state index contributed by atoms with van der Waals surface area (Å²) < 4.78 is 0. The number of para-hydroxylation sites is 1. The molecule has 0 bridgehead atoms. The van der Waals surface area contributed by atoms with E-state index in [4.69, 9.17) is 0 Å². The molecule has 30 heavy (non-hydrogen) atoms. The van der Waals surface area contributed by atoms with E-state index in [-0.39, 0.29) is 17.2 Å². The van der Waals surface area contributed by atoms with Crippen molar-refractivity contribution in [1.29, 1.82) is 0 Å². The number of carbonyl (C=O) groups is 2. The third-order valence-electron chi connectivity index (χ3n) is 5.70. The van der Waals surface area contributed by atoms with E-state index in [2.05, 4.69) is 37.9 Å². The lowest BCUT2D eigenvalue weighted by Gasteiger charge is -2.34. The zero-order chi connectivity index (χ0) is 21.7. The summed E-state index contributed by atoms with van der Waals surface area (Å²) in [6, 6.07) is 15.8. The van der Waals surface area contributed by atoms with Gasteiger partial charge in [-0.05, 0) is 41.2 Å². The van der Waals surface area contributed by atoms with Crippen molar-refractivity contribution in [2.24, 2.45) is 0 Å². The van der Waals surface area contributed by atoms with Gasteiger partial charge in [0, 0.05) is 37.4 Å². The second kappa shape index (κ2) is 9.43. The first kappa shape index (κ1) is 22.0. The molecule has 0 saturated carbocycles. The minimum atomic E-state index is -0.00607. The summed E-state index contributed by atoms with van der Waals surface area (Å²) >= 11 is 0. The monoisotopic (exact) mass is 407 g/mol. The molecule has 0 unspecified atom stereocenters. The van der Waals surface area contributed by atoms with Crippen LogP contribution in [0.25, 0.3) is 0 Å². The normalized spacial score (nSPS) is 15.1. The van der Waals surface area contributed by atoms with Gasteiger partial charge in [-0.25, -0.2) is 0 Å². The van der Waals surface area contributed by atoms with E-state index < -0.39 is 0 Å². The van der Waals surface area contributed by atoms with E-state index in [9.17, 15) is 9.59 Å². The first-order valence-corrected chi connectivity index (χ1v) is 10.8. The SMILES string of the molecule is CCc1ccccc1NC(=O)CN1CCN(C(=O)c2ccc(C(C)(C)C)cc2)CC1. The minimum absolute atomic E-state index is 0.00607. The van der Waals surface area contributed by atoms with Crippen LogP contribution in [-0.4, -0.2) is 54.3 Å². The van der Waals surface area contributed by atoms with Crippen LogP contribution in [0.4, 0.5) is 5.69 Å². The Bertz CT molecular complexity index is 876. The number of anilines is 1. The lowest BCUT2D eigenvalue weighted by molar-refractivity contribution is -0.117. The van der Waals surface area contributed by atoms with Crippen LogP contribution in [0, 0.1) is 0 Å². The molecule has 5 nitrogen and oxygen atoms in total. The smallest absolute Gasteiger partial charge is 0.253 e. The molecule has 1 aliphatic heterocycles. The molecule has 1 saturated heterocycles. The summed E-state index contributed by atoms with van der Waals surface area (Å²) in [4.78, 5) is 29.3. The van der Waals surface area contributed by atoms with Crippen molar-refractivity contribution in [2.75, 3.05) is 38.0 Å². The molecule has 2 aromatic carbocycles. The summed E-state index contributed by atoms with van der Waals surface area (Å²) in [5.41, 5.74) is 4.05. The highest BCUT2D eigenvalue weighted by Gasteiger charge is 2.24. The Hall–Kier alpha value is -2.66. The van der Waals surface area contributed by atoms with Gasteiger partial charge in [0.1, 0.15) is 0 Å². The van der Waals surface area contributed by atoms with Gasteiger partial charge < -0.3 is 10.2 Å². The molecule has 2 aromatic rings. The average Bonchev–Trinajstić information content (AvgIpc) is 2.73. The third kappa shape index (κ3) is 5.48. The first-order valence-electron chi connectivity index (χ1n) is 10.8. The van der Waals surface area contributed by atoms with Crippen LogP contribution >= 0.6 is 0 Å². The van der Waals surface area contributed by atoms with E-state index in [1.165, 1.54) is 5.56 Å². The quantitative estimate of drug-likeness (QED) is 0.817. The predicted molar refractivity (Wildman–Crippen MR) is 122 cm³/mol. The highest BCUT2D eigenvalue weighted by molar-refractivity contribution is 5.94. The number of piperazine rings is 1. The molecule has 0 aromatic heterocycles. The number of nitrogens with zero attached hydrogens (tertiary/aromatic N) is 2. The molecule has 0 radical (unpaired) electrons. The van der Waals surface area contributed by atoms with Gasteiger partial charge in [0.2, 0.25) is 5.91 Å². The summed E-state index contributed by atoms with van der Waals surface area (Å²) in [5.74, 6) is 0.0601. The van der Waals surface area contributed by atoms with E-state index in [0.717, 1.165) is 23.2 Å². The average molecular weight is 408 g/mol. The molecule has 0 aliphatic carbocycles. The van der Waals surface area contributed by atoms with Crippen molar-refractivity contribution in [1.82, 2.24) is 9.80 Å². The number of carbonyl (C=O) groups excluding carboxylic acids is 2. The van der Waals surface area contributed by atoms with Crippen LogP contribution in [0.1, 0.15) is 49.2 Å². The molecule has 1 fully saturated rings. The van der Waals surface area contributed by atoms with Gasteiger partial charge in [-0.2, -0.15) is 0 Å². The number of rotatable bonds is 5. The van der Waals surface area contributed by atoms with Gasteiger partial charge in [0.15, 0.2) is 0 Å². The minimum Gasteiger partial charge on any atom is -0.336 e. The van der Waals surface area contributed by atoms with E-state index in [1.807, 2.05) is 53.4 Å². The van der Waals surface area contributed by atoms with Gasteiger partial charge in [0.05, 0.1) is 6.54 Å². The van der Waals surface area contributed by atoms with Crippen molar-refractivity contribution in [2.45, 2.75) is 39.5 Å². The van der Waals surface area contributed by atoms with E-state index in [0.29, 0.717) is 32.7 Å². The summed E-state index contributed by atoms with van der Waals surface area (Å²) in [6.07, 6.45) is 0.883. The lowest BCUT2D eigenvalue weighted by Crippen LogP contribution is -2.50. The van der Waals surface area contributed by atoms with E-state index >= 15 is 0 Å². The maximum Gasteiger partial charge on any atom is 0.253 e. The Labute approximate surface area is 180 Å². The highest BCUT2D eigenvalue weighted by atomic mass is 16.2. The van der Waals surface area contributed by atoms with Crippen LogP contribution in [0.3, 0.4) is 0 Å². The molecule has 1 N–H and O–H groups in total. The summed E-state index contributed by atoms with van der Waals surface area (Å²) in [6.45, 7) is 11.6. The molecule has 2 amide bonds. The maximum absolute atomic E-state index is 12.8. The van der Waals surface area contributed by atoms with Gasteiger partial charge in [-0.3, -0.25) is 14.5 Å². The van der Waals surface area contributed by atoms with Crippen molar-refractivity contribution in [3.63, 3.8) is 0 Å². The van der Waals surface area contributed by atoms with Crippen LogP contribution in [0.5, 0.6) is 0 Å². The van der Waals surface area contributed by atoms with Gasteiger partial charge in [0.25, 0.3) is 5.91 Å². The zero-order valence-corrected chi connectivity index (χ0v) is 18.6. The molecule has 3 rings (SSSR count). The van der Waals surface area contributed by atoms with Crippen molar-refractivity contribution >= 4 is 17.5 Å². The second-order valence-electron chi connectivity index (χ2n) is 8.95. The van der Waals surface area contributed by atoms with E-state index in [1.54, 1.807) is 0 Å². The van der Waals surface area contributed by atoms with Crippen LogP contribution in [-0.2, 0) is 16.6 Å². The molecular weight excluding hydrogens is 374 g/mol. The topological polar surface area (TPSA) is 52.7 Å². The number of aryl methyl sites for hydroxylation is 1. The Morgan fingerprint density at radius 2 is 1.57 bits per heavy atom. The molecule has 5 heteroatoms. The molecule has 0 spiro atoms. The highest BCUT2D eigenvalue weighted by Crippen LogP contribution is 2.22. The molecule has 160 valence electrons. The molecule has 1 aliphatic rings. The Morgan fingerprint density at radius 1 is 0.933 bits per heavy atom. The molecule has 1 heterocycles. The number of amides is 2. The fraction of sp³-hybridized carbons (Fsp3) is 0.440. The summed E-state index contributed by atoms with van der Waals surface area (Å²) in [7, 11) is 0. The zero-order valence-electron chi connectivity index (χ0n) is 18.6. The number of nitrogens with one attached hydrogen (secondary N) is 1. The van der Waals surface area contributed by atoms with Crippen LogP contribution < -0.4 is 5.32 Å². The van der Waals surface area contributed by atoms with Gasteiger partial charge in [-0.15, -0.1) is 0 Å². The van der Waals surface area contributed by atoms with Crippen molar-refractivity contribution in [3.05, 3.63) is 65.2 Å². The Morgan fingerprint density at radius 3 is 2.17 bits per heavy atom.